The lowest BCUT2D eigenvalue weighted by Gasteiger charge is -2.57. The number of allylic oxidation sites excluding steroid dienone is 1. The van der Waals surface area contributed by atoms with E-state index in [-0.39, 0.29) is 22.9 Å². The van der Waals surface area contributed by atoms with Crippen LogP contribution in [0.2, 0.25) is 0 Å². The molecule has 5 rings (SSSR count). The fourth-order valence-corrected chi connectivity index (χ4v) is 8.00. The maximum absolute atomic E-state index is 12.7. The minimum absolute atomic E-state index is 0.0212. The highest BCUT2D eigenvalue weighted by Gasteiger charge is 2.59. The van der Waals surface area contributed by atoms with Crippen LogP contribution in [0.1, 0.15) is 71.6 Å². The van der Waals surface area contributed by atoms with Crippen LogP contribution in [0.4, 0.5) is 0 Å². The first kappa shape index (κ1) is 21.6. The smallest absolute Gasteiger partial charge is 0.307 e. The molecule has 172 valence electrons. The number of nitrogens with zero attached hydrogens (tertiary/aromatic N) is 1. The van der Waals surface area contributed by atoms with Gasteiger partial charge in [0.25, 0.3) is 0 Å². The third kappa shape index (κ3) is 3.80. The maximum Gasteiger partial charge on any atom is 0.307 e. The molecule has 1 aliphatic heterocycles. The summed E-state index contributed by atoms with van der Waals surface area (Å²) in [4.78, 5) is 27.0. The molecule has 0 amide bonds. The summed E-state index contributed by atoms with van der Waals surface area (Å²) >= 11 is 0. The van der Waals surface area contributed by atoms with Crippen LogP contribution >= 0.6 is 0 Å². The van der Waals surface area contributed by atoms with Crippen LogP contribution in [-0.4, -0.2) is 55.6 Å². The van der Waals surface area contributed by atoms with E-state index in [0.717, 1.165) is 58.5 Å². The van der Waals surface area contributed by atoms with Crippen LogP contribution in [0, 0.1) is 28.6 Å². The summed E-state index contributed by atoms with van der Waals surface area (Å²) in [7, 11) is 0. The van der Waals surface area contributed by atoms with Crippen molar-refractivity contribution in [2.45, 2.75) is 77.7 Å². The van der Waals surface area contributed by atoms with E-state index in [1.54, 1.807) is 0 Å². The number of morpholine rings is 1. The van der Waals surface area contributed by atoms with Crippen LogP contribution < -0.4 is 0 Å². The third-order valence-electron chi connectivity index (χ3n) is 9.88. The summed E-state index contributed by atoms with van der Waals surface area (Å²) < 4.78 is 11.5. The van der Waals surface area contributed by atoms with Crippen molar-refractivity contribution in [1.82, 2.24) is 4.90 Å². The number of hydrogen-bond donors (Lipinski definition) is 0. The summed E-state index contributed by atoms with van der Waals surface area (Å²) in [6, 6.07) is 0. The second-order valence-corrected chi connectivity index (χ2v) is 11.3. The van der Waals surface area contributed by atoms with E-state index in [1.165, 1.54) is 24.8 Å². The summed E-state index contributed by atoms with van der Waals surface area (Å²) in [6.07, 6.45) is 11.2. The molecular weight excluding hydrogens is 390 g/mol. The lowest BCUT2D eigenvalue weighted by Crippen LogP contribution is -2.51. The SMILES string of the molecule is C[C@@]12CC[C@H]3[C@H](CCC4=CC(=O)CC[C@@]43C)[C@@H]1CC[C@H]2OC(=O)CCN1CCOCC1. The average molecular weight is 430 g/mol. The van der Waals surface area contributed by atoms with Gasteiger partial charge in [0.1, 0.15) is 6.10 Å². The highest BCUT2D eigenvalue weighted by atomic mass is 16.5. The van der Waals surface area contributed by atoms with Gasteiger partial charge < -0.3 is 9.47 Å². The second-order valence-electron chi connectivity index (χ2n) is 11.3. The zero-order valence-corrected chi connectivity index (χ0v) is 19.4. The Morgan fingerprint density at radius 1 is 1.10 bits per heavy atom. The molecule has 4 fully saturated rings. The van der Waals surface area contributed by atoms with E-state index in [0.29, 0.717) is 36.4 Å². The largest absolute Gasteiger partial charge is 0.462 e. The molecule has 5 aliphatic rings. The van der Waals surface area contributed by atoms with Crippen molar-refractivity contribution in [3.63, 3.8) is 0 Å². The molecule has 0 radical (unpaired) electrons. The van der Waals surface area contributed by atoms with Gasteiger partial charge in [-0.2, -0.15) is 0 Å². The number of ketones is 1. The van der Waals surface area contributed by atoms with Crippen molar-refractivity contribution in [2.24, 2.45) is 28.6 Å². The third-order valence-corrected chi connectivity index (χ3v) is 9.88. The first-order chi connectivity index (χ1) is 14.9. The molecule has 0 bridgehead atoms. The number of carbonyl (C=O) groups is 2. The standard InChI is InChI=1S/C26H39NO4/c1-25-10-7-19(28)17-18(25)3-4-20-21-5-6-23(26(21,2)11-8-22(20)25)31-24(29)9-12-27-13-15-30-16-14-27/h17,20-23H,3-16H2,1-2H3/t20-,21+,22+,23-,25+,26-/m1/s1. The van der Waals surface area contributed by atoms with Gasteiger partial charge in [0.15, 0.2) is 5.78 Å². The van der Waals surface area contributed by atoms with Crippen LogP contribution in [-0.2, 0) is 19.1 Å². The second kappa shape index (κ2) is 8.30. The highest BCUT2D eigenvalue weighted by Crippen LogP contribution is 2.65. The zero-order chi connectivity index (χ0) is 21.6. The predicted molar refractivity (Wildman–Crippen MR) is 118 cm³/mol. The van der Waals surface area contributed by atoms with Gasteiger partial charge in [0, 0.05) is 31.5 Å². The summed E-state index contributed by atoms with van der Waals surface area (Å²) in [5, 5.41) is 0. The normalized spacial score (nSPS) is 42.9. The molecule has 6 atom stereocenters. The molecule has 0 spiro atoms. The molecule has 0 aromatic heterocycles. The van der Waals surface area contributed by atoms with Gasteiger partial charge in [0.05, 0.1) is 19.6 Å². The molecule has 3 saturated carbocycles. The average Bonchev–Trinajstić information content (AvgIpc) is 3.10. The Bertz CT molecular complexity index is 757. The van der Waals surface area contributed by atoms with Gasteiger partial charge in [-0.05, 0) is 74.2 Å². The number of ether oxygens (including phenoxy) is 2. The molecule has 0 unspecified atom stereocenters. The van der Waals surface area contributed by atoms with Crippen LogP contribution in [0.25, 0.3) is 0 Å². The van der Waals surface area contributed by atoms with Crippen molar-refractivity contribution in [3.8, 4) is 0 Å². The van der Waals surface area contributed by atoms with Gasteiger partial charge in [-0.3, -0.25) is 14.5 Å². The van der Waals surface area contributed by atoms with Gasteiger partial charge in [-0.1, -0.05) is 19.4 Å². The summed E-state index contributed by atoms with van der Waals surface area (Å²) in [6.45, 7) is 8.99. The maximum atomic E-state index is 12.7. The molecule has 5 heteroatoms. The van der Waals surface area contributed by atoms with E-state index < -0.39 is 0 Å². The van der Waals surface area contributed by atoms with E-state index in [1.807, 2.05) is 6.08 Å². The van der Waals surface area contributed by atoms with E-state index in [4.69, 9.17) is 9.47 Å². The topological polar surface area (TPSA) is 55.8 Å². The first-order valence-corrected chi connectivity index (χ1v) is 12.6. The van der Waals surface area contributed by atoms with Crippen molar-refractivity contribution in [2.75, 3.05) is 32.8 Å². The Morgan fingerprint density at radius 3 is 2.71 bits per heavy atom. The Balaban J connectivity index is 1.23. The van der Waals surface area contributed by atoms with Gasteiger partial charge in [-0.15, -0.1) is 0 Å². The molecule has 31 heavy (non-hydrogen) atoms. The Hall–Kier alpha value is -1.20. The lowest BCUT2D eigenvalue weighted by molar-refractivity contribution is -0.160. The minimum atomic E-state index is -0.0212. The van der Waals surface area contributed by atoms with Crippen molar-refractivity contribution >= 4 is 11.8 Å². The highest BCUT2D eigenvalue weighted by molar-refractivity contribution is 5.91. The van der Waals surface area contributed by atoms with E-state index in [2.05, 4.69) is 18.7 Å². The van der Waals surface area contributed by atoms with Crippen LogP contribution in [0.3, 0.4) is 0 Å². The number of hydrogen-bond acceptors (Lipinski definition) is 5. The number of carbonyl (C=O) groups excluding carboxylic acids is 2. The molecule has 1 heterocycles. The number of rotatable bonds is 4. The lowest BCUT2D eigenvalue weighted by atomic mass is 9.47. The van der Waals surface area contributed by atoms with Crippen molar-refractivity contribution in [1.29, 1.82) is 0 Å². The van der Waals surface area contributed by atoms with Crippen molar-refractivity contribution < 1.29 is 19.1 Å². The fourth-order valence-electron chi connectivity index (χ4n) is 8.00. The van der Waals surface area contributed by atoms with E-state index >= 15 is 0 Å². The molecule has 0 N–H and O–H groups in total. The number of esters is 1. The zero-order valence-electron chi connectivity index (χ0n) is 19.4. The minimum Gasteiger partial charge on any atom is -0.462 e. The Kier molecular flexibility index (Phi) is 5.79. The van der Waals surface area contributed by atoms with Gasteiger partial charge in [0.2, 0.25) is 0 Å². The Labute approximate surface area is 186 Å². The number of fused-ring (bicyclic) bond motifs is 5. The summed E-state index contributed by atoms with van der Waals surface area (Å²) in [5.74, 6) is 2.36. The van der Waals surface area contributed by atoms with Gasteiger partial charge >= 0.3 is 5.97 Å². The first-order valence-electron chi connectivity index (χ1n) is 12.6. The quantitative estimate of drug-likeness (QED) is 0.629. The molecule has 5 nitrogen and oxygen atoms in total. The Morgan fingerprint density at radius 2 is 1.90 bits per heavy atom. The van der Waals surface area contributed by atoms with Crippen LogP contribution in [0.15, 0.2) is 11.6 Å². The molecule has 0 aromatic rings. The fraction of sp³-hybridized carbons (Fsp3) is 0.846. The van der Waals surface area contributed by atoms with E-state index in [9.17, 15) is 9.59 Å². The molecular formula is C26H39NO4. The summed E-state index contributed by atoms with van der Waals surface area (Å²) in [5.41, 5.74) is 1.76. The predicted octanol–water partition coefficient (Wildman–Crippen LogP) is 4.15. The van der Waals surface area contributed by atoms with Crippen LogP contribution in [0.5, 0.6) is 0 Å². The molecule has 0 aromatic carbocycles. The van der Waals surface area contributed by atoms with Gasteiger partial charge in [-0.25, -0.2) is 0 Å². The van der Waals surface area contributed by atoms with Crippen molar-refractivity contribution in [3.05, 3.63) is 11.6 Å². The monoisotopic (exact) mass is 429 g/mol. The molecule has 1 saturated heterocycles. The molecule has 4 aliphatic carbocycles.